The van der Waals surface area contributed by atoms with Crippen LogP contribution in [0.2, 0.25) is 0 Å². The predicted molar refractivity (Wildman–Crippen MR) is 103 cm³/mol. The Hall–Kier alpha value is -1.98. The van der Waals surface area contributed by atoms with Crippen LogP contribution in [0, 0.1) is 0 Å². The van der Waals surface area contributed by atoms with Crippen molar-refractivity contribution in [2.45, 2.75) is 39.3 Å². The quantitative estimate of drug-likeness (QED) is 0.695. The molecule has 1 aliphatic heterocycles. The molecule has 1 aliphatic rings. The molecule has 1 fully saturated rings. The summed E-state index contributed by atoms with van der Waals surface area (Å²) in [6.45, 7) is 9.19. The third-order valence-corrected chi connectivity index (χ3v) is 4.73. The maximum atomic E-state index is 5.72. The summed E-state index contributed by atoms with van der Waals surface area (Å²) in [5.41, 5.74) is 1.19. The Morgan fingerprint density at radius 2 is 1.85 bits per heavy atom. The van der Waals surface area contributed by atoms with Gasteiger partial charge in [0.2, 0.25) is 0 Å². The molecule has 3 rings (SSSR count). The van der Waals surface area contributed by atoms with E-state index >= 15 is 0 Å². The van der Waals surface area contributed by atoms with Gasteiger partial charge in [-0.15, -0.1) is 0 Å². The fraction of sp³-hybridized carbons (Fsp3) is 0.524. The number of nitrogens with zero attached hydrogens (tertiary/aromatic N) is 1. The van der Waals surface area contributed by atoms with Crippen LogP contribution in [0.4, 0.5) is 0 Å². The van der Waals surface area contributed by atoms with Crippen molar-refractivity contribution in [1.82, 2.24) is 10.2 Å². The SMILES string of the molecule is CCOc1ccc(CNCC(c2ccco2)N2CCCC2)cc1OCC. The molecule has 0 bridgehead atoms. The van der Waals surface area contributed by atoms with E-state index in [-0.39, 0.29) is 0 Å². The number of hydrogen-bond acceptors (Lipinski definition) is 5. The van der Waals surface area contributed by atoms with Gasteiger partial charge in [-0.2, -0.15) is 0 Å². The summed E-state index contributed by atoms with van der Waals surface area (Å²) in [5, 5.41) is 3.59. The van der Waals surface area contributed by atoms with Gasteiger partial charge in [-0.05, 0) is 69.6 Å². The minimum absolute atomic E-state index is 0.293. The highest BCUT2D eigenvalue weighted by atomic mass is 16.5. The first-order valence-electron chi connectivity index (χ1n) is 9.68. The number of benzene rings is 1. The minimum Gasteiger partial charge on any atom is -0.490 e. The molecule has 0 amide bonds. The summed E-state index contributed by atoms with van der Waals surface area (Å²) in [4.78, 5) is 2.51. The zero-order chi connectivity index (χ0) is 18.2. The second-order valence-electron chi connectivity index (χ2n) is 6.55. The van der Waals surface area contributed by atoms with E-state index in [9.17, 15) is 0 Å². The molecule has 1 saturated heterocycles. The Morgan fingerprint density at radius 3 is 2.54 bits per heavy atom. The highest BCUT2D eigenvalue weighted by molar-refractivity contribution is 5.43. The van der Waals surface area contributed by atoms with Crippen LogP contribution in [0.3, 0.4) is 0 Å². The fourth-order valence-electron chi connectivity index (χ4n) is 3.50. The molecular weight excluding hydrogens is 328 g/mol. The number of nitrogens with one attached hydrogen (secondary N) is 1. The van der Waals surface area contributed by atoms with Gasteiger partial charge in [0, 0.05) is 13.1 Å². The Labute approximate surface area is 156 Å². The number of rotatable bonds is 10. The first-order valence-corrected chi connectivity index (χ1v) is 9.68. The van der Waals surface area contributed by atoms with Crippen molar-refractivity contribution in [3.05, 3.63) is 47.9 Å². The van der Waals surface area contributed by atoms with E-state index in [2.05, 4.69) is 28.4 Å². The topological polar surface area (TPSA) is 46.9 Å². The van der Waals surface area contributed by atoms with E-state index in [4.69, 9.17) is 13.9 Å². The van der Waals surface area contributed by atoms with E-state index in [0.717, 1.165) is 43.4 Å². The Balaban J connectivity index is 1.61. The molecule has 0 radical (unpaired) electrons. The number of likely N-dealkylation sites (tertiary alicyclic amines) is 1. The summed E-state index contributed by atoms with van der Waals surface area (Å²) < 4.78 is 17.0. The van der Waals surface area contributed by atoms with Crippen molar-refractivity contribution in [2.24, 2.45) is 0 Å². The monoisotopic (exact) mass is 358 g/mol. The lowest BCUT2D eigenvalue weighted by molar-refractivity contribution is 0.209. The van der Waals surface area contributed by atoms with Gasteiger partial charge >= 0.3 is 0 Å². The lowest BCUT2D eigenvalue weighted by Gasteiger charge is -2.26. The van der Waals surface area contributed by atoms with Gasteiger partial charge in [0.05, 0.1) is 25.5 Å². The number of ether oxygens (including phenoxy) is 2. The standard InChI is InChI=1S/C21H30N2O3/c1-3-24-20-10-9-17(14-21(20)25-4-2)15-22-16-18(19-8-7-13-26-19)23-11-5-6-12-23/h7-10,13-14,18,22H,3-6,11-12,15-16H2,1-2H3. The van der Waals surface area contributed by atoms with E-state index in [1.165, 1.54) is 18.4 Å². The van der Waals surface area contributed by atoms with Crippen molar-refractivity contribution < 1.29 is 13.9 Å². The zero-order valence-electron chi connectivity index (χ0n) is 15.9. The van der Waals surface area contributed by atoms with Gasteiger partial charge in [-0.3, -0.25) is 4.90 Å². The van der Waals surface area contributed by atoms with Crippen molar-refractivity contribution in [3.8, 4) is 11.5 Å². The summed E-state index contributed by atoms with van der Waals surface area (Å²) >= 11 is 0. The van der Waals surface area contributed by atoms with Crippen molar-refractivity contribution >= 4 is 0 Å². The largest absolute Gasteiger partial charge is 0.490 e. The Bertz CT molecular complexity index is 651. The van der Waals surface area contributed by atoms with Crippen LogP contribution in [-0.4, -0.2) is 37.7 Å². The van der Waals surface area contributed by atoms with Crippen LogP contribution in [0.15, 0.2) is 41.0 Å². The van der Waals surface area contributed by atoms with E-state index in [1.807, 2.05) is 26.0 Å². The third kappa shape index (κ3) is 4.80. The molecule has 0 saturated carbocycles. The molecule has 1 atom stereocenters. The van der Waals surface area contributed by atoms with Crippen LogP contribution in [-0.2, 0) is 6.54 Å². The van der Waals surface area contributed by atoms with E-state index in [0.29, 0.717) is 19.3 Å². The lowest BCUT2D eigenvalue weighted by atomic mass is 10.1. The number of furan rings is 1. The van der Waals surface area contributed by atoms with Crippen LogP contribution in [0.5, 0.6) is 11.5 Å². The van der Waals surface area contributed by atoms with Gasteiger partial charge in [-0.1, -0.05) is 6.07 Å². The molecule has 26 heavy (non-hydrogen) atoms. The summed E-state index contributed by atoms with van der Waals surface area (Å²) in [6.07, 6.45) is 4.31. The van der Waals surface area contributed by atoms with Gasteiger partial charge in [-0.25, -0.2) is 0 Å². The van der Waals surface area contributed by atoms with Crippen LogP contribution < -0.4 is 14.8 Å². The third-order valence-electron chi connectivity index (χ3n) is 4.73. The smallest absolute Gasteiger partial charge is 0.161 e. The van der Waals surface area contributed by atoms with Gasteiger partial charge in [0.25, 0.3) is 0 Å². The van der Waals surface area contributed by atoms with E-state index in [1.54, 1.807) is 6.26 Å². The molecule has 2 heterocycles. The van der Waals surface area contributed by atoms with Crippen LogP contribution in [0.25, 0.3) is 0 Å². The first-order chi connectivity index (χ1) is 12.8. The lowest BCUT2D eigenvalue weighted by Crippen LogP contribution is -2.33. The first kappa shape index (κ1) is 18.8. The summed E-state index contributed by atoms with van der Waals surface area (Å²) in [7, 11) is 0. The molecule has 5 nitrogen and oxygen atoms in total. The maximum absolute atomic E-state index is 5.72. The zero-order valence-corrected chi connectivity index (χ0v) is 15.9. The average Bonchev–Trinajstić information content (AvgIpc) is 3.35. The summed E-state index contributed by atoms with van der Waals surface area (Å²) in [6, 6.07) is 10.5. The highest BCUT2D eigenvalue weighted by Gasteiger charge is 2.25. The summed E-state index contributed by atoms with van der Waals surface area (Å²) in [5.74, 6) is 2.67. The normalized spacial score (nSPS) is 15.9. The second-order valence-corrected chi connectivity index (χ2v) is 6.55. The van der Waals surface area contributed by atoms with Gasteiger partial charge in [0.1, 0.15) is 5.76 Å². The van der Waals surface area contributed by atoms with Crippen molar-refractivity contribution in [1.29, 1.82) is 0 Å². The highest BCUT2D eigenvalue weighted by Crippen LogP contribution is 2.29. The molecule has 1 aromatic heterocycles. The molecule has 0 spiro atoms. The molecule has 1 unspecified atom stereocenters. The molecular formula is C21H30N2O3. The molecule has 142 valence electrons. The number of hydrogen-bond donors (Lipinski definition) is 1. The second kappa shape index (κ2) is 9.64. The molecule has 5 heteroatoms. The predicted octanol–water partition coefficient (Wildman–Crippen LogP) is 4.00. The van der Waals surface area contributed by atoms with Gasteiger partial charge in [0.15, 0.2) is 11.5 Å². The van der Waals surface area contributed by atoms with Crippen LogP contribution in [0.1, 0.15) is 44.1 Å². The van der Waals surface area contributed by atoms with Crippen molar-refractivity contribution in [2.75, 3.05) is 32.8 Å². The molecule has 1 N–H and O–H groups in total. The Kier molecular flexibility index (Phi) is 6.97. The molecule has 0 aliphatic carbocycles. The van der Waals surface area contributed by atoms with Gasteiger partial charge < -0.3 is 19.2 Å². The maximum Gasteiger partial charge on any atom is 0.161 e. The Morgan fingerprint density at radius 1 is 1.08 bits per heavy atom. The fourth-order valence-corrected chi connectivity index (χ4v) is 3.50. The molecule has 1 aromatic carbocycles. The minimum atomic E-state index is 0.293. The van der Waals surface area contributed by atoms with Crippen LogP contribution >= 0.6 is 0 Å². The van der Waals surface area contributed by atoms with E-state index < -0.39 is 0 Å². The average molecular weight is 358 g/mol. The molecule has 2 aromatic rings. The van der Waals surface area contributed by atoms with Crippen molar-refractivity contribution in [3.63, 3.8) is 0 Å².